The SMILES string of the molecule is N#CCc1c(C#N)ncn1C1O[C@H](COCc2ccccc2)[C@@H](OCc2ccccc2)[C@@H]1OCc1ccccc1. The van der Waals surface area contributed by atoms with Crippen LogP contribution in [0.2, 0.25) is 0 Å². The highest BCUT2D eigenvalue weighted by atomic mass is 16.6. The van der Waals surface area contributed by atoms with Gasteiger partial charge >= 0.3 is 0 Å². The van der Waals surface area contributed by atoms with Crippen LogP contribution in [0.4, 0.5) is 0 Å². The number of nitrogens with zero attached hydrogens (tertiary/aromatic N) is 4. The summed E-state index contributed by atoms with van der Waals surface area (Å²) in [5.41, 5.74) is 3.76. The van der Waals surface area contributed by atoms with Crippen LogP contribution in [-0.2, 0) is 45.2 Å². The van der Waals surface area contributed by atoms with Gasteiger partial charge < -0.3 is 23.5 Å². The highest BCUT2D eigenvalue weighted by molar-refractivity contribution is 5.29. The third-order valence-corrected chi connectivity index (χ3v) is 6.77. The molecular weight excluding hydrogens is 504 g/mol. The number of benzene rings is 3. The molecule has 8 nitrogen and oxygen atoms in total. The minimum absolute atomic E-state index is 0.0128. The molecule has 3 aromatic carbocycles. The maximum Gasteiger partial charge on any atom is 0.164 e. The molecule has 0 bridgehead atoms. The first-order valence-electron chi connectivity index (χ1n) is 13.2. The summed E-state index contributed by atoms with van der Waals surface area (Å²) in [5.74, 6) is 0. The minimum Gasteiger partial charge on any atom is -0.374 e. The zero-order valence-electron chi connectivity index (χ0n) is 22.0. The fourth-order valence-electron chi connectivity index (χ4n) is 4.79. The first kappa shape index (κ1) is 27.3. The van der Waals surface area contributed by atoms with E-state index in [0.717, 1.165) is 16.7 Å². The lowest BCUT2D eigenvalue weighted by Crippen LogP contribution is -2.38. The molecule has 1 saturated heterocycles. The van der Waals surface area contributed by atoms with Crippen molar-refractivity contribution >= 4 is 0 Å². The molecule has 4 atom stereocenters. The van der Waals surface area contributed by atoms with E-state index in [-0.39, 0.29) is 18.7 Å². The van der Waals surface area contributed by atoms with Gasteiger partial charge in [-0.15, -0.1) is 0 Å². The molecule has 2 heterocycles. The quantitative estimate of drug-likeness (QED) is 0.249. The maximum atomic E-state index is 9.61. The molecule has 5 rings (SSSR count). The Morgan fingerprint density at radius 3 is 1.85 bits per heavy atom. The molecule has 0 spiro atoms. The van der Waals surface area contributed by atoms with E-state index in [9.17, 15) is 10.5 Å². The standard InChI is InChI=1S/C32H30N4O4/c33-17-16-28-27(18-34)35-23-36(28)32-31(39-21-26-14-8-3-9-15-26)30(38-20-25-12-6-2-7-13-25)29(40-32)22-37-19-24-10-4-1-5-11-24/h1-15,23,29-32H,16,19-22H2/t29-,30-,31+,32?/m1/s1. The van der Waals surface area contributed by atoms with Crippen molar-refractivity contribution in [3.8, 4) is 12.1 Å². The summed E-state index contributed by atoms with van der Waals surface area (Å²) < 4.78 is 27.4. The van der Waals surface area contributed by atoms with Gasteiger partial charge in [-0.1, -0.05) is 91.0 Å². The van der Waals surface area contributed by atoms with Crippen LogP contribution < -0.4 is 0 Å². The van der Waals surface area contributed by atoms with Crippen molar-refractivity contribution in [1.82, 2.24) is 9.55 Å². The Balaban J connectivity index is 1.43. The van der Waals surface area contributed by atoms with E-state index >= 15 is 0 Å². The zero-order valence-corrected chi connectivity index (χ0v) is 22.0. The van der Waals surface area contributed by atoms with Crippen LogP contribution in [0.5, 0.6) is 0 Å². The van der Waals surface area contributed by atoms with Crippen molar-refractivity contribution in [2.45, 2.75) is 50.8 Å². The summed E-state index contributed by atoms with van der Waals surface area (Å²) in [6.07, 6.45) is -0.649. The summed E-state index contributed by atoms with van der Waals surface area (Å²) in [6.45, 7) is 1.39. The molecule has 8 heteroatoms. The van der Waals surface area contributed by atoms with Gasteiger partial charge in [0, 0.05) is 0 Å². The van der Waals surface area contributed by atoms with E-state index in [1.165, 1.54) is 6.33 Å². The van der Waals surface area contributed by atoms with Crippen LogP contribution in [0.15, 0.2) is 97.3 Å². The van der Waals surface area contributed by atoms with Gasteiger partial charge in [0.1, 0.15) is 24.4 Å². The number of ether oxygens (including phenoxy) is 4. The summed E-state index contributed by atoms with van der Waals surface area (Å²) in [4.78, 5) is 4.24. The Hall–Kier alpha value is -4.31. The van der Waals surface area contributed by atoms with Gasteiger partial charge in [-0.05, 0) is 16.7 Å². The van der Waals surface area contributed by atoms with Crippen LogP contribution in [0.3, 0.4) is 0 Å². The van der Waals surface area contributed by atoms with Gasteiger partial charge in [-0.25, -0.2) is 4.98 Å². The molecule has 4 aromatic rings. The third kappa shape index (κ3) is 6.63. The molecular formula is C32H30N4O4. The lowest BCUT2D eigenvalue weighted by molar-refractivity contribution is -0.0918. The molecule has 1 unspecified atom stereocenters. The average molecular weight is 535 g/mol. The Morgan fingerprint density at radius 1 is 0.750 bits per heavy atom. The van der Waals surface area contributed by atoms with Crippen LogP contribution in [-0.4, -0.2) is 34.5 Å². The Kier molecular flexibility index (Phi) is 9.31. The normalized spacial score (nSPS) is 20.1. The fraction of sp³-hybridized carbons (Fsp3) is 0.281. The predicted molar refractivity (Wildman–Crippen MR) is 146 cm³/mol. The molecule has 1 aliphatic heterocycles. The van der Waals surface area contributed by atoms with E-state index in [0.29, 0.717) is 25.5 Å². The van der Waals surface area contributed by atoms with Crippen molar-refractivity contribution in [2.75, 3.05) is 6.61 Å². The molecule has 40 heavy (non-hydrogen) atoms. The Bertz CT molecular complexity index is 1430. The van der Waals surface area contributed by atoms with Gasteiger partial charge in [-0.2, -0.15) is 10.5 Å². The number of rotatable bonds is 12. The monoisotopic (exact) mass is 534 g/mol. The molecule has 1 aliphatic rings. The maximum absolute atomic E-state index is 9.61. The van der Waals surface area contributed by atoms with Crippen molar-refractivity contribution in [3.05, 3.63) is 125 Å². The number of aromatic nitrogens is 2. The second kappa shape index (κ2) is 13.7. The van der Waals surface area contributed by atoms with Gasteiger partial charge in [0.25, 0.3) is 0 Å². The zero-order chi connectivity index (χ0) is 27.6. The Labute approximate surface area is 233 Å². The molecule has 1 aromatic heterocycles. The van der Waals surface area contributed by atoms with E-state index in [4.69, 9.17) is 18.9 Å². The highest BCUT2D eigenvalue weighted by Crippen LogP contribution is 2.36. The molecule has 0 N–H and O–H groups in total. The summed E-state index contributed by atoms with van der Waals surface area (Å²) in [5, 5.41) is 19.1. The van der Waals surface area contributed by atoms with Crippen LogP contribution in [0, 0.1) is 22.7 Å². The van der Waals surface area contributed by atoms with Crippen LogP contribution in [0.1, 0.15) is 34.3 Å². The minimum atomic E-state index is -0.673. The van der Waals surface area contributed by atoms with Gasteiger partial charge in [0.2, 0.25) is 0 Å². The molecule has 0 aliphatic carbocycles. The molecule has 202 valence electrons. The first-order valence-corrected chi connectivity index (χ1v) is 13.2. The van der Waals surface area contributed by atoms with E-state index in [1.807, 2.05) is 91.0 Å². The Morgan fingerprint density at radius 2 is 1.30 bits per heavy atom. The number of hydrogen-bond acceptors (Lipinski definition) is 7. The second-order valence-corrected chi connectivity index (χ2v) is 9.48. The van der Waals surface area contributed by atoms with E-state index in [1.54, 1.807) is 4.57 Å². The van der Waals surface area contributed by atoms with Gasteiger partial charge in [0.05, 0.1) is 50.9 Å². The summed E-state index contributed by atoms with van der Waals surface area (Å²) in [7, 11) is 0. The fourth-order valence-corrected chi connectivity index (χ4v) is 4.79. The van der Waals surface area contributed by atoms with Gasteiger partial charge in [-0.3, -0.25) is 0 Å². The third-order valence-electron chi connectivity index (χ3n) is 6.77. The molecule has 0 saturated carbocycles. The molecule has 0 amide bonds. The average Bonchev–Trinajstić information content (AvgIpc) is 3.57. The van der Waals surface area contributed by atoms with Crippen molar-refractivity contribution in [1.29, 1.82) is 10.5 Å². The molecule has 0 radical (unpaired) electrons. The summed E-state index contributed by atoms with van der Waals surface area (Å²) >= 11 is 0. The lowest BCUT2D eigenvalue weighted by Gasteiger charge is -2.26. The van der Waals surface area contributed by atoms with Crippen LogP contribution in [0.25, 0.3) is 0 Å². The van der Waals surface area contributed by atoms with E-state index in [2.05, 4.69) is 17.1 Å². The van der Waals surface area contributed by atoms with Gasteiger partial charge in [0.15, 0.2) is 11.9 Å². The topological polar surface area (TPSA) is 102 Å². The van der Waals surface area contributed by atoms with Crippen molar-refractivity contribution in [3.63, 3.8) is 0 Å². The van der Waals surface area contributed by atoms with Crippen LogP contribution >= 0.6 is 0 Å². The largest absolute Gasteiger partial charge is 0.374 e. The smallest absolute Gasteiger partial charge is 0.164 e. The highest BCUT2D eigenvalue weighted by Gasteiger charge is 2.48. The predicted octanol–water partition coefficient (Wildman–Crippen LogP) is 5.11. The number of hydrogen-bond donors (Lipinski definition) is 0. The lowest BCUT2D eigenvalue weighted by atomic mass is 10.1. The number of nitriles is 2. The van der Waals surface area contributed by atoms with Crippen molar-refractivity contribution < 1.29 is 18.9 Å². The van der Waals surface area contributed by atoms with E-state index < -0.39 is 24.5 Å². The van der Waals surface area contributed by atoms with Crippen molar-refractivity contribution in [2.24, 2.45) is 0 Å². The second-order valence-electron chi connectivity index (χ2n) is 9.48. The summed E-state index contributed by atoms with van der Waals surface area (Å²) in [6, 6.07) is 34.0. The first-order chi connectivity index (χ1) is 19.8. The molecule has 1 fully saturated rings. The number of imidazole rings is 1.